The van der Waals surface area contributed by atoms with E-state index in [9.17, 15) is 4.79 Å². The van der Waals surface area contributed by atoms with Gasteiger partial charge in [0.05, 0.1) is 11.6 Å². The highest BCUT2D eigenvalue weighted by Crippen LogP contribution is 2.20. The van der Waals surface area contributed by atoms with Crippen LogP contribution in [0.4, 0.5) is 5.82 Å². The number of carbonyl (C=O) groups excluding carboxylic acids is 1. The highest BCUT2D eigenvalue weighted by molar-refractivity contribution is 5.97. The molecule has 0 aliphatic carbocycles. The van der Waals surface area contributed by atoms with Gasteiger partial charge in [-0.05, 0) is 19.1 Å². The van der Waals surface area contributed by atoms with Crippen LogP contribution in [0.3, 0.4) is 0 Å². The van der Waals surface area contributed by atoms with E-state index in [0.717, 1.165) is 18.8 Å². The van der Waals surface area contributed by atoms with Gasteiger partial charge in [0.25, 0.3) is 5.91 Å². The average molecular weight is 220 g/mol. The summed E-state index contributed by atoms with van der Waals surface area (Å²) in [4.78, 5) is 17.7. The van der Waals surface area contributed by atoms with Crippen LogP contribution in [0.25, 0.3) is 0 Å². The Hall–Kier alpha value is -1.62. The first-order valence-corrected chi connectivity index (χ1v) is 5.30. The molecule has 2 rings (SSSR count). The van der Waals surface area contributed by atoms with Crippen molar-refractivity contribution in [3.63, 3.8) is 0 Å². The Kier molecular flexibility index (Phi) is 2.78. The summed E-state index contributed by atoms with van der Waals surface area (Å²) in [5, 5.41) is 3.19. The smallest absolute Gasteiger partial charge is 0.252 e. The Balaban J connectivity index is 2.36. The monoisotopic (exact) mass is 220 g/mol. The first-order valence-electron chi connectivity index (χ1n) is 5.30. The molecule has 1 aromatic heterocycles. The number of aromatic nitrogens is 1. The number of carbonyl (C=O) groups is 1. The van der Waals surface area contributed by atoms with Gasteiger partial charge in [-0.3, -0.25) is 4.79 Å². The van der Waals surface area contributed by atoms with Crippen molar-refractivity contribution < 1.29 is 4.79 Å². The summed E-state index contributed by atoms with van der Waals surface area (Å²) in [5.74, 6) is 0.251. The number of amides is 1. The number of primary amides is 1. The molecule has 0 atom stereocenters. The van der Waals surface area contributed by atoms with Gasteiger partial charge in [0, 0.05) is 25.8 Å². The molecule has 16 heavy (non-hydrogen) atoms. The Bertz CT molecular complexity index is 414. The molecule has 0 saturated carbocycles. The molecule has 0 aromatic carbocycles. The van der Waals surface area contributed by atoms with E-state index in [0.29, 0.717) is 17.4 Å². The predicted octanol–water partition coefficient (Wildman–Crippen LogP) is -0.103. The van der Waals surface area contributed by atoms with Crippen LogP contribution in [0.5, 0.6) is 0 Å². The minimum Gasteiger partial charge on any atom is -0.365 e. The number of nitrogens with zero attached hydrogens (tertiary/aromatic N) is 2. The number of nitrogens with one attached hydrogen (secondary N) is 1. The second-order valence-electron chi connectivity index (χ2n) is 4.11. The molecular weight excluding hydrogens is 204 g/mol. The van der Waals surface area contributed by atoms with E-state index < -0.39 is 5.91 Å². The van der Waals surface area contributed by atoms with Gasteiger partial charge >= 0.3 is 0 Å². The number of anilines is 1. The van der Waals surface area contributed by atoms with Crippen molar-refractivity contribution in [2.24, 2.45) is 5.73 Å². The third-order valence-corrected chi connectivity index (χ3v) is 2.92. The molecule has 86 valence electrons. The van der Waals surface area contributed by atoms with Crippen molar-refractivity contribution in [1.82, 2.24) is 10.3 Å². The zero-order valence-corrected chi connectivity index (χ0v) is 9.53. The molecule has 0 spiro atoms. The van der Waals surface area contributed by atoms with Gasteiger partial charge < -0.3 is 16.0 Å². The minimum atomic E-state index is -0.429. The van der Waals surface area contributed by atoms with E-state index in [1.165, 1.54) is 0 Å². The third kappa shape index (κ3) is 1.86. The van der Waals surface area contributed by atoms with Crippen molar-refractivity contribution in [2.45, 2.75) is 13.0 Å². The largest absolute Gasteiger partial charge is 0.365 e. The molecule has 1 aliphatic heterocycles. The molecule has 5 nitrogen and oxygen atoms in total. The van der Waals surface area contributed by atoms with Crippen LogP contribution in [0, 0.1) is 6.92 Å². The maximum Gasteiger partial charge on any atom is 0.252 e. The molecule has 2 heterocycles. The molecule has 1 aliphatic rings. The molecule has 5 heteroatoms. The Labute approximate surface area is 94.6 Å². The SMILES string of the molecule is Cc1ccc(C(N)=O)c(N(C)C2CNC2)n1. The Morgan fingerprint density at radius 3 is 2.75 bits per heavy atom. The average Bonchev–Trinajstić information content (AvgIpc) is 2.14. The highest BCUT2D eigenvalue weighted by atomic mass is 16.1. The van der Waals surface area contributed by atoms with E-state index in [1.807, 2.05) is 18.9 Å². The number of nitrogens with two attached hydrogens (primary N) is 1. The van der Waals surface area contributed by atoms with Gasteiger partial charge in [-0.25, -0.2) is 4.98 Å². The number of aryl methyl sites for hydroxylation is 1. The Morgan fingerprint density at radius 1 is 1.56 bits per heavy atom. The van der Waals surface area contributed by atoms with Crippen molar-refractivity contribution >= 4 is 11.7 Å². The first-order chi connectivity index (χ1) is 7.59. The highest BCUT2D eigenvalue weighted by Gasteiger charge is 2.25. The number of pyridine rings is 1. The molecule has 1 amide bonds. The van der Waals surface area contributed by atoms with Gasteiger partial charge in [0.15, 0.2) is 0 Å². The molecule has 0 radical (unpaired) electrons. The second-order valence-corrected chi connectivity index (χ2v) is 4.11. The summed E-state index contributed by atoms with van der Waals surface area (Å²) in [5.41, 5.74) is 6.72. The molecular formula is C11H16N4O. The van der Waals surface area contributed by atoms with Crippen LogP contribution in [0.15, 0.2) is 12.1 Å². The van der Waals surface area contributed by atoms with Crippen molar-refractivity contribution in [2.75, 3.05) is 25.0 Å². The van der Waals surface area contributed by atoms with E-state index in [4.69, 9.17) is 5.73 Å². The van der Waals surface area contributed by atoms with Gasteiger partial charge in [-0.2, -0.15) is 0 Å². The number of rotatable bonds is 3. The molecule has 0 unspecified atom stereocenters. The van der Waals surface area contributed by atoms with Crippen LogP contribution < -0.4 is 16.0 Å². The van der Waals surface area contributed by atoms with Crippen molar-refractivity contribution in [1.29, 1.82) is 0 Å². The minimum absolute atomic E-state index is 0.396. The maximum absolute atomic E-state index is 11.3. The van der Waals surface area contributed by atoms with E-state index in [1.54, 1.807) is 12.1 Å². The van der Waals surface area contributed by atoms with Gasteiger partial charge in [0.2, 0.25) is 0 Å². The van der Waals surface area contributed by atoms with Crippen molar-refractivity contribution in [3.8, 4) is 0 Å². The number of hydrogen-bond acceptors (Lipinski definition) is 4. The fraction of sp³-hybridized carbons (Fsp3) is 0.455. The van der Waals surface area contributed by atoms with Crippen molar-refractivity contribution in [3.05, 3.63) is 23.4 Å². The quantitative estimate of drug-likeness (QED) is 0.746. The second kappa shape index (κ2) is 4.09. The lowest BCUT2D eigenvalue weighted by molar-refractivity contribution is 0.100. The third-order valence-electron chi connectivity index (χ3n) is 2.92. The summed E-state index contributed by atoms with van der Waals surface area (Å²) < 4.78 is 0. The van der Waals surface area contributed by atoms with E-state index >= 15 is 0 Å². The standard InChI is InChI=1S/C11H16N4O/c1-7-3-4-9(10(12)16)11(14-7)15(2)8-5-13-6-8/h3-4,8,13H,5-6H2,1-2H3,(H2,12,16). The summed E-state index contributed by atoms with van der Waals surface area (Å²) in [6, 6.07) is 3.94. The van der Waals surface area contributed by atoms with Crippen LogP contribution in [0.2, 0.25) is 0 Å². The summed E-state index contributed by atoms with van der Waals surface area (Å²) >= 11 is 0. The lowest BCUT2D eigenvalue weighted by Crippen LogP contribution is -2.56. The number of hydrogen-bond donors (Lipinski definition) is 2. The van der Waals surface area contributed by atoms with E-state index in [-0.39, 0.29) is 0 Å². The fourth-order valence-corrected chi connectivity index (χ4v) is 1.72. The van der Waals surface area contributed by atoms with E-state index in [2.05, 4.69) is 10.3 Å². The Morgan fingerprint density at radius 2 is 2.25 bits per heavy atom. The zero-order chi connectivity index (χ0) is 11.7. The van der Waals surface area contributed by atoms with Gasteiger partial charge in [-0.1, -0.05) is 0 Å². The summed E-state index contributed by atoms with van der Waals surface area (Å²) in [6.45, 7) is 3.75. The summed E-state index contributed by atoms with van der Waals surface area (Å²) in [7, 11) is 1.94. The van der Waals surface area contributed by atoms with Crippen LogP contribution in [-0.2, 0) is 0 Å². The lowest BCUT2D eigenvalue weighted by Gasteiger charge is -2.37. The predicted molar refractivity (Wildman–Crippen MR) is 62.6 cm³/mol. The molecule has 3 N–H and O–H groups in total. The molecule has 1 saturated heterocycles. The topological polar surface area (TPSA) is 71.2 Å². The van der Waals surface area contributed by atoms with Gasteiger partial charge in [0.1, 0.15) is 5.82 Å². The van der Waals surface area contributed by atoms with Crippen LogP contribution in [-0.4, -0.2) is 37.1 Å². The van der Waals surface area contributed by atoms with Crippen LogP contribution >= 0.6 is 0 Å². The van der Waals surface area contributed by atoms with Gasteiger partial charge in [-0.15, -0.1) is 0 Å². The molecule has 1 fully saturated rings. The summed E-state index contributed by atoms with van der Waals surface area (Å²) in [6.07, 6.45) is 0. The van der Waals surface area contributed by atoms with Crippen LogP contribution in [0.1, 0.15) is 16.1 Å². The number of likely N-dealkylation sites (N-methyl/N-ethyl adjacent to an activating group) is 1. The molecule has 0 bridgehead atoms. The lowest BCUT2D eigenvalue weighted by atomic mass is 10.1. The fourth-order valence-electron chi connectivity index (χ4n) is 1.72. The maximum atomic E-state index is 11.3. The first kappa shape index (κ1) is 10.9. The molecule has 1 aromatic rings. The zero-order valence-electron chi connectivity index (χ0n) is 9.53. The normalized spacial score (nSPS) is 15.6.